The second-order valence-electron chi connectivity index (χ2n) is 2.92. The van der Waals surface area contributed by atoms with Gasteiger partial charge in [0.25, 0.3) is 0 Å². The van der Waals surface area contributed by atoms with E-state index >= 15 is 0 Å². The molecule has 1 aliphatic carbocycles. The second-order valence-corrected chi connectivity index (χ2v) is 2.92. The summed E-state index contributed by atoms with van der Waals surface area (Å²) in [7, 11) is 0. The first-order chi connectivity index (χ1) is 4.43. The Hall–Kier alpha value is -0.260. The highest BCUT2D eigenvalue weighted by Crippen LogP contribution is 2.24. The Kier molecular flexibility index (Phi) is 2.82. The summed E-state index contributed by atoms with van der Waals surface area (Å²) < 4.78 is 0. The molecule has 0 bridgehead atoms. The number of hydrogen-bond acceptors (Lipinski definition) is 0. The van der Waals surface area contributed by atoms with Crippen molar-refractivity contribution in [3.05, 3.63) is 12.2 Å². The van der Waals surface area contributed by atoms with Crippen molar-refractivity contribution in [1.82, 2.24) is 0 Å². The van der Waals surface area contributed by atoms with Gasteiger partial charge in [0.05, 0.1) is 0 Å². The van der Waals surface area contributed by atoms with Crippen LogP contribution in [-0.2, 0) is 0 Å². The van der Waals surface area contributed by atoms with Gasteiger partial charge in [-0.2, -0.15) is 0 Å². The number of allylic oxidation sites excluding steroid dienone is 2. The van der Waals surface area contributed by atoms with Crippen LogP contribution < -0.4 is 0 Å². The maximum atomic E-state index is 2.36. The van der Waals surface area contributed by atoms with Gasteiger partial charge in [-0.1, -0.05) is 31.4 Å². The first-order valence-corrected chi connectivity index (χ1v) is 4.06. The van der Waals surface area contributed by atoms with Gasteiger partial charge >= 0.3 is 0 Å². The summed E-state index contributed by atoms with van der Waals surface area (Å²) in [6.45, 7) is 2.12. The van der Waals surface area contributed by atoms with Gasteiger partial charge < -0.3 is 0 Å². The molecule has 0 atom stereocenters. The van der Waals surface area contributed by atoms with E-state index in [2.05, 4.69) is 19.1 Å². The second kappa shape index (κ2) is 3.71. The minimum Gasteiger partial charge on any atom is -0.0914 e. The zero-order valence-corrected chi connectivity index (χ0v) is 6.27. The van der Waals surface area contributed by atoms with Crippen molar-refractivity contribution in [2.45, 2.75) is 39.0 Å². The summed E-state index contributed by atoms with van der Waals surface area (Å²) in [4.78, 5) is 0. The van der Waals surface area contributed by atoms with Gasteiger partial charge in [-0.15, -0.1) is 0 Å². The monoisotopic (exact) mass is 124 g/mol. The summed E-state index contributed by atoms with van der Waals surface area (Å²) >= 11 is 0. The van der Waals surface area contributed by atoms with E-state index < -0.39 is 0 Å². The van der Waals surface area contributed by atoms with Crippen LogP contribution in [0.2, 0.25) is 0 Å². The van der Waals surface area contributed by atoms with Gasteiger partial charge in [-0.3, -0.25) is 0 Å². The highest BCUT2D eigenvalue weighted by atomic mass is 14.1. The van der Waals surface area contributed by atoms with Crippen LogP contribution in [0, 0.1) is 5.92 Å². The Morgan fingerprint density at radius 2 is 1.78 bits per heavy atom. The zero-order chi connectivity index (χ0) is 6.53. The smallest absolute Gasteiger partial charge is 0.0234 e. The first kappa shape index (κ1) is 6.85. The van der Waals surface area contributed by atoms with Crippen molar-refractivity contribution in [3.8, 4) is 0 Å². The number of rotatable bonds is 1. The first-order valence-electron chi connectivity index (χ1n) is 4.06. The average Bonchev–Trinajstić information content (AvgIpc) is 1.91. The van der Waals surface area contributed by atoms with Crippen LogP contribution in [0.3, 0.4) is 0 Å². The van der Waals surface area contributed by atoms with Crippen LogP contribution >= 0.6 is 0 Å². The normalized spacial score (nSPS) is 23.2. The summed E-state index contributed by atoms with van der Waals surface area (Å²) in [5.74, 6) is 0.920. The molecule has 1 fully saturated rings. The molecule has 1 saturated carbocycles. The molecule has 0 nitrogen and oxygen atoms in total. The fraction of sp³-hybridized carbons (Fsp3) is 0.778. The predicted molar refractivity (Wildman–Crippen MR) is 41.4 cm³/mol. The lowest BCUT2D eigenvalue weighted by Gasteiger charge is -2.17. The lowest BCUT2D eigenvalue weighted by atomic mass is 9.89. The van der Waals surface area contributed by atoms with Crippen LogP contribution in [0.4, 0.5) is 0 Å². The molecule has 1 aliphatic rings. The molecule has 0 aliphatic heterocycles. The fourth-order valence-electron chi connectivity index (χ4n) is 1.60. The lowest BCUT2D eigenvalue weighted by Crippen LogP contribution is -2.01. The van der Waals surface area contributed by atoms with Crippen molar-refractivity contribution in [1.29, 1.82) is 0 Å². The maximum absolute atomic E-state index is 2.36. The molecule has 0 spiro atoms. The van der Waals surface area contributed by atoms with E-state index in [1.54, 1.807) is 0 Å². The average molecular weight is 124 g/mol. The van der Waals surface area contributed by atoms with Crippen LogP contribution in [-0.4, -0.2) is 0 Å². The summed E-state index contributed by atoms with van der Waals surface area (Å²) in [5.41, 5.74) is 0. The molecular formula is C9H16. The van der Waals surface area contributed by atoms with E-state index in [-0.39, 0.29) is 0 Å². The van der Waals surface area contributed by atoms with Gasteiger partial charge in [0.2, 0.25) is 0 Å². The van der Waals surface area contributed by atoms with Gasteiger partial charge in [0, 0.05) is 0 Å². The predicted octanol–water partition coefficient (Wildman–Crippen LogP) is 3.14. The summed E-state index contributed by atoms with van der Waals surface area (Å²) in [6.07, 6.45) is 11.8. The molecule has 1 rings (SSSR count). The lowest BCUT2D eigenvalue weighted by molar-refractivity contribution is 0.419. The quantitative estimate of drug-likeness (QED) is 0.471. The molecule has 0 radical (unpaired) electrons. The maximum Gasteiger partial charge on any atom is -0.0234 e. The minimum atomic E-state index is 0.920. The van der Waals surface area contributed by atoms with Crippen LogP contribution in [0.5, 0.6) is 0 Å². The molecule has 52 valence electrons. The highest BCUT2D eigenvalue weighted by molar-refractivity contribution is 4.86. The summed E-state index contributed by atoms with van der Waals surface area (Å²) in [6, 6.07) is 0. The van der Waals surface area contributed by atoms with Gasteiger partial charge in [0.15, 0.2) is 0 Å². The van der Waals surface area contributed by atoms with Gasteiger partial charge in [0.1, 0.15) is 0 Å². The number of hydrogen-bond donors (Lipinski definition) is 0. The minimum absolute atomic E-state index is 0.920. The van der Waals surface area contributed by atoms with Gasteiger partial charge in [-0.05, 0) is 25.7 Å². The van der Waals surface area contributed by atoms with Crippen LogP contribution in [0.25, 0.3) is 0 Å². The van der Waals surface area contributed by atoms with Crippen molar-refractivity contribution >= 4 is 0 Å². The fourth-order valence-corrected chi connectivity index (χ4v) is 1.60. The van der Waals surface area contributed by atoms with Crippen molar-refractivity contribution in [2.75, 3.05) is 0 Å². The standard InChI is InChI=1S/C9H16/c1-2-6-9-7-4-3-5-8-9/h2,6,9H,3-5,7-8H2,1H3/b6-2+. The zero-order valence-electron chi connectivity index (χ0n) is 6.27. The molecule has 0 aromatic rings. The van der Waals surface area contributed by atoms with Crippen molar-refractivity contribution in [2.24, 2.45) is 5.92 Å². The molecule has 0 aromatic carbocycles. The molecule has 9 heavy (non-hydrogen) atoms. The molecule has 0 heterocycles. The van der Waals surface area contributed by atoms with Crippen molar-refractivity contribution in [3.63, 3.8) is 0 Å². The van der Waals surface area contributed by atoms with Crippen molar-refractivity contribution < 1.29 is 0 Å². The molecule has 0 heteroatoms. The van der Waals surface area contributed by atoms with E-state index in [1.165, 1.54) is 32.1 Å². The Morgan fingerprint density at radius 3 is 2.33 bits per heavy atom. The molecule has 0 unspecified atom stereocenters. The Bertz CT molecular complexity index is 86.2. The van der Waals surface area contributed by atoms with E-state index in [4.69, 9.17) is 0 Å². The Morgan fingerprint density at radius 1 is 1.11 bits per heavy atom. The third kappa shape index (κ3) is 2.21. The van der Waals surface area contributed by atoms with E-state index in [1.807, 2.05) is 0 Å². The van der Waals surface area contributed by atoms with E-state index in [0.717, 1.165) is 5.92 Å². The van der Waals surface area contributed by atoms with E-state index in [9.17, 15) is 0 Å². The topological polar surface area (TPSA) is 0 Å². The Labute approximate surface area is 58.0 Å². The van der Waals surface area contributed by atoms with Crippen LogP contribution in [0.15, 0.2) is 12.2 Å². The molecule has 0 N–H and O–H groups in total. The summed E-state index contributed by atoms with van der Waals surface area (Å²) in [5, 5.41) is 0. The molecular weight excluding hydrogens is 108 g/mol. The molecule has 0 aromatic heterocycles. The highest BCUT2D eigenvalue weighted by Gasteiger charge is 2.08. The Balaban J connectivity index is 2.23. The largest absolute Gasteiger partial charge is 0.0914 e. The van der Waals surface area contributed by atoms with Crippen LogP contribution in [0.1, 0.15) is 39.0 Å². The SMILES string of the molecule is C/C=C/C1CCCCC1. The van der Waals surface area contributed by atoms with Gasteiger partial charge in [-0.25, -0.2) is 0 Å². The molecule has 0 saturated heterocycles. The van der Waals surface area contributed by atoms with E-state index in [0.29, 0.717) is 0 Å². The third-order valence-corrected chi connectivity index (χ3v) is 2.11. The molecule has 0 amide bonds. The third-order valence-electron chi connectivity index (χ3n) is 2.11.